The molecule has 24 heavy (non-hydrogen) atoms. The molecular weight excluding hydrogens is 373 g/mol. The zero-order chi connectivity index (χ0) is 17.9. The molecule has 1 aromatic carbocycles. The van der Waals surface area contributed by atoms with Crippen molar-refractivity contribution >= 4 is 39.3 Å². The molecule has 6 nitrogen and oxygen atoms in total. The predicted molar refractivity (Wildman–Crippen MR) is 95.0 cm³/mol. The van der Waals surface area contributed by atoms with E-state index in [1.807, 2.05) is 13.8 Å². The number of halogens is 2. The van der Waals surface area contributed by atoms with Crippen LogP contribution in [0.1, 0.15) is 13.8 Å². The van der Waals surface area contributed by atoms with Gasteiger partial charge in [0.05, 0.1) is 14.9 Å². The Bertz CT molecular complexity index is 702. The number of hydrogen-bond donors (Lipinski definition) is 1. The second kappa shape index (κ2) is 7.91. The fourth-order valence-corrected chi connectivity index (χ4v) is 4.13. The molecule has 0 aliphatic carbocycles. The van der Waals surface area contributed by atoms with Crippen molar-refractivity contribution in [2.75, 3.05) is 32.7 Å². The van der Waals surface area contributed by atoms with Gasteiger partial charge in [-0.15, -0.1) is 0 Å². The number of benzene rings is 1. The van der Waals surface area contributed by atoms with E-state index in [1.54, 1.807) is 4.90 Å². The van der Waals surface area contributed by atoms with Crippen LogP contribution in [0.25, 0.3) is 0 Å². The number of piperazine rings is 1. The molecule has 1 aliphatic heterocycles. The molecule has 0 unspecified atom stereocenters. The maximum absolute atomic E-state index is 12.6. The van der Waals surface area contributed by atoms with Crippen LogP contribution in [0.3, 0.4) is 0 Å². The average molecular weight is 394 g/mol. The molecule has 0 aromatic heterocycles. The fourth-order valence-electron chi connectivity index (χ4n) is 2.32. The van der Waals surface area contributed by atoms with Crippen LogP contribution in [0.2, 0.25) is 10.0 Å². The second-order valence-corrected chi connectivity index (χ2v) is 8.80. The largest absolute Gasteiger partial charge is 0.338 e. The molecule has 1 N–H and O–H groups in total. The summed E-state index contributed by atoms with van der Waals surface area (Å²) < 4.78 is 26.7. The number of nitrogens with zero attached hydrogens (tertiary/aromatic N) is 2. The Kier molecular flexibility index (Phi) is 6.36. The molecule has 0 spiro atoms. The summed E-state index contributed by atoms with van der Waals surface area (Å²) in [5, 5.41) is 3.34. The summed E-state index contributed by atoms with van der Waals surface area (Å²) in [4.78, 5) is 13.8. The Morgan fingerprint density at radius 2 is 1.79 bits per heavy atom. The number of carbonyl (C=O) groups excluding carboxylic acids is 1. The highest BCUT2D eigenvalue weighted by Crippen LogP contribution is 2.27. The monoisotopic (exact) mass is 393 g/mol. The summed E-state index contributed by atoms with van der Waals surface area (Å²) in [5.74, 6) is 0.366. The highest BCUT2D eigenvalue weighted by atomic mass is 35.5. The van der Waals surface area contributed by atoms with E-state index in [2.05, 4.69) is 5.32 Å². The minimum atomic E-state index is -3.64. The number of carbonyl (C=O) groups is 1. The number of hydrogen-bond acceptors (Lipinski definition) is 3. The lowest BCUT2D eigenvalue weighted by Gasteiger charge is -2.34. The van der Waals surface area contributed by atoms with Gasteiger partial charge in [-0.25, -0.2) is 13.2 Å². The molecule has 2 amide bonds. The quantitative estimate of drug-likeness (QED) is 0.854. The first kappa shape index (κ1) is 19.3. The van der Waals surface area contributed by atoms with Crippen LogP contribution in [0, 0.1) is 5.92 Å². The summed E-state index contributed by atoms with van der Waals surface area (Å²) >= 11 is 11.7. The summed E-state index contributed by atoms with van der Waals surface area (Å²) in [6.07, 6.45) is 0. The van der Waals surface area contributed by atoms with E-state index in [1.165, 1.54) is 22.5 Å². The van der Waals surface area contributed by atoms with E-state index in [-0.39, 0.29) is 29.0 Å². The van der Waals surface area contributed by atoms with Gasteiger partial charge in [-0.05, 0) is 24.1 Å². The molecule has 134 valence electrons. The van der Waals surface area contributed by atoms with Crippen molar-refractivity contribution in [3.05, 3.63) is 28.2 Å². The molecule has 0 radical (unpaired) electrons. The molecule has 0 bridgehead atoms. The van der Waals surface area contributed by atoms with Gasteiger partial charge in [0.1, 0.15) is 0 Å². The molecule has 1 aromatic rings. The third-order valence-corrected chi connectivity index (χ3v) is 6.35. The lowest BCUT2D eigenvalue weighted by molar-refractivity contribution is 0.171. The van der Waals surface area contributed by atoms with Crippen molar-refractivity contribution in [1.29, 1.82) is 0 Å². The Morgan fingerprint density at radius 1 is 1.17 bits per heavy atom. The number of rotatable bonds is 4. The van der Waals surface area contributed by atoms with Crippen molar-refractivity contribution in [2.24, 2.45) is 5.92 Å². The van der Waals surface area contributed by atoms with Crippen LogP contribution in [-0.4, -0.2) is 56.4 Å². The van der Waals surface area contributed by atoms with Crippen molar-refractivity contribution in [1.82, 2.24) is 14.5 Å². The fraction of sp³-hybridized carbons (Fsp3) is 0.533. The van der Waals surface area contributed by atoms with Crippen LogP contribution >= 0.6 is 23.2 Å². The minimum Gasteiger partial charge on any atom is -0.338 e. The number of urea groups is 1. The highest BCUT2D eigenvalue weighted by molar-refractivity contribution is 7.89. The lowest BCUT2D eigenvalue weighted by Crippen LogP contribution is -2.53. The van der Waals surface area contributed by atoms with Crippen molar-refractivity contribution < 1.29 is 13.2 Å². The van der Waals surface area contributed by atoms with Gasteiger partial charge < -0.3 is 10.2 Å². The van der Waals surface area contributed by atoms with Crippen LogP contribution in [0.5, 0.6) is 0 Å². The van der Waals surface area contributed by atoms with Gasteiger partial charge in [-0.2, -0.15) is 4.31 Å². The topological polar surface area (TPSA) is 69.7 Å². The van der Waals surface area contributed by atoms with Crippen LogP contribution in [-0.2, 0) is 10.0 Å². The first-order valence-electron chi connectivity index (χ1n) is 7.70. The predicted octanol–water partition coefficient (Wildman–Crippen LogP) is 2.67. The van der Waals surface area contributed by atoms with E-state index < -0.39 is 10.0 Å². The molecule has 1 heterocycles. The molecular formula is C15H21Cl2N3O3S. The van der Waals surface area contributed by atoms with Crippen LogP contribution in [0.15, 0.2) is 23.1 Å². The maximum Gasteiger partial charge on any atom is 0.317 e. The van der Waals surface area contributed by atoms with Crippen LogP contribution in [0.4, 0.5) is 4.79 Å². The highest BCUT2D eigenvalue weighted by Gasteiger charge is 2.30. The van der Waals surface area contributed by atoms with Gasteiger partial charge in [0, 0.05) is 32.7 Å². The lowest BCUT2D eigenvalue weighted by atomic mass is 10.2. The standard InChI is InChI=1S/C15H21Cl2N3O3S/c1-11(2)10-18-15(21)19-5-7-20(8-6-19)24(22,23)12-3-4-13(16)14(17)9-12/h3-4,9,11H,5-8,10H2,1-2H3,(H,18,21). The normalized spacial score (nSPS) is 16.5. The van der Waals surface area contributed by atoms with E-state index in [9.17, 15) is 13.2 Å². The van der Waals surface area contributed by atoms with Crippen molar-refractivity contribution in [3.8, 4) is 0 Å². The average Bonchev–Trinajstić information content (AvgIpc) is 2.55. The minimum absolute atomic E-state index is 0.106. The molecule has 9 heteroatoms. The Labute approximate surface area is 152 Å². The van der Waals surface area contributed by atoms with Crippen LogP contribution < -0.4 is 5.32 Å². The zero-order valence-corrected chi connectivity index (χ0v) is 16.0. The molecule has 0 saturated carbocycles. The summed E-state index contributed by atoms with van der Waals surface area (Å²) in [6, 6.07) is 4.09. The van der Waals surface area contributed by atoms with Crippen molar-refractivity contribution in [2.45, 2.75) is 18.7 Å². The third-order valence-electron chi connectivity index (χ3n) is 3.72. The van der Waals surface area contributed by atoms with Gasteiger partial charge in [0.2, 0.25) is 10.0 Å². The Hall–Kier alpha value is -1.02. The first-order chi connectivity index (χ1) is 11.2. The summed E-state index contributed by atoms with van der Waals surface area (Å²) in [6.45, 7) is 5.83. The smallest absolute Gasteiger partial charge is 0.317 e. The van der Waals surface area contributed by atoms with Gasteiger partial charge in [0.15, 0.2) is 0 Å². The van der Waals surface area contributed by atoms with E-state index in [0.29, 0.717) is 30.6 Å². The van der Waals surface area contributed by atoms with Gasteiger partial charge in [0.25, 0.3) is 0 Å². The first-order valence-corrected chi connectivity index (χ1v) is 9.89. The molecule has 2 rings (SSSR count). The summed E-state index contributed by atoms with van der Waals surface area (Å²) in [7, 11) is -3.64. The Balaban J connectivity index is 2.00. The molecule has 1 aliphatic rings. The zero-order valence-electron chi connectivity index (χ0n) is 13.6. The summed E-state index contributed by atoms with van der Waals surface area (Å²) in [5.41, 5.74) is 0. The molecule has 0 atom stereocenters. The van der Waals surface area contributed by atoms with Gasteiger partial charge in [-0.1, -0.05) is 37.0 Å². The number of nitrogens with one attached hydrogen (secondary N) is 1. The third kappa shape index (κ3) is 4.53. The van der Waals surface area contributed by atoms with E-state index in [0.717, 1.165) is 0 Å². The van der Waals surface area contributed by atoms with E-state index in [4.69, 9.17) is 23.2 Å². The van der Waals surface area contributed by atoms with Gasteiger partial charge >= 0.3 is 6.03 Å². The number of sulfonamides is 1. The van der Waals surface area contributed by atoms with Crippen molar-refractivity contribution in [3.63, 3.8) is 0 Å². The SMILES string of the molecule is CC(C)CNC(=O)N1CCN(S(=O)(=O)c2ccc(Cl)c(Cl)c2)CC1. The maximum atomic E-state index is 12.6. The molecule has 1 fully saturated rings. The van der Waals surface area contributed by atoms with Gasteiger partial charge in [-0.3, -0.25) is 0 Å². The second-order valence-electron chi connectivity index (χ2n) is 6.05. The van der Waals surface area contributed by atoms with E-state index >= 15 is 0 Å². The molecule has 1 saturated heterocycles. The Morgan fingerprint density at radius 3 is 2.33 bits per heavy atom. The number of amides is 2.